The lowest BCUT2D eigenvalue weighted by atomic mass is 9.96. The van der Waals surface area contributed by atoms with Crippen LogP contribution in [-0.4, -0.2) is 30.3 Å². The van der Waals surface area contributed by atoms with Gasteiger partial charge in [-0.2, -0.15) is 4.98 Å². The highest BCUT2D eigenvalue weighted by Crippen LogP contribution is 2.19. The number of ether oxygens (including phenoxy) is 1. The summed E-state index contributed by atoms with van der Waals surface area (Å²) in [5.74, 6) is 0.116. The molecule has 0 spiro atoms. The minimum atomic E-state index is -3.43. The zero-order chi connectivity index (χ0) is 19.4. The molecular formula is C17H23N3O5S. The number of sulfonamides is 1. The standard InChI is InChI=1S/C17H23N3O5S/c1-5-9-26(22,23)20-13-8-6-7-12(10-13)15(21)24-11-14-18-16(19-25-14)17(2,3)4/h6-8,10,20H,5,9,11H2,1-4H3. The third-order valence-electron chi connectivity index (χ3n) is 3.31. The highest BCUT2D eigenvalue weighted by molar-refractivity contribution is 7.92. The summed E-state index contributed by atoms with van der Waals surface area (Å²) in [6.45, 7) is 7.44. The molecule has 1 aromatic heterocycles. The molecule has 0 radical (unpaired) electrons. The fraction of sp³-hybridized carbons (Fsp3) is 0.471. The highest BCUT2D eigenvalue weighted by atomic mass is 32.2. The van der Waals surface area contributed by atoms with Crippen LogP contribution in [0.25, 0.3) is 0 Å². The van der Waals surface area contributed by atoms with Crippen LogP contribution in [-0.2, 0) is 26.8 Å². The van der Waals surface area contributed by atoms with E-state index >= 15 is 0 Å². The molecule has 9 heteroatoms. The Bertz CT molecular complexity index is 869. The van der Waals surface area contributed by atoms with Crippen molar-refractivity contribution < 1.29 is 22.5 Å². The third kappa shape index (κ3) is 5.55. The van der Waals surface area contributed by atoms with Gasteiger partial charge in [-0.25, -0.2) is 13.2 Å². The largest absolute Gasteiger partial charge is 0.452 e. The quantitative estimate of drug-likeness (QED) is 0.734. The molecule has 0 aliphatic rings. The number of aromatic nitrogens is 2. The van der Waals surface area contributed by atoms with Gasteiger partial charge in [0.1, 0.15) is 0 Å². The van der Waals surface area contributed by atoms with Gasteiger partial charge >= 0.3 is 5.97 Å². The van der Waals surface area contributed by atoms with Crippen molar-refractivity contribution in [3.63, 3.8) is 0 Å². The Morgan fingerprint density at radius 2 is 2.04 bits per heavy atom. The number of nitrogens with zero attached hydrogens (tertiary/aromatic N) is 2. The molecule has 142 valence electrons. The fourth-order valence-electron chi connectivity index (χ4n) is 2.04. The van der Waals surface area contributed by atoms with Crippen LogP contribution in [0, 0.1) is 0 Å². The van der Waals surface area contributed by atoms with Gasteiger partial charge < -0.3 is 9.26 Å². The van der Waals surface area contributed by atoms with Gasteiger partial charge in [-0.15, -0.1) is 0 Å². The van der Waals surface area contributed by atoms with Crippen molar-refractivity contribution in [1.82, 2.24) is 10.1 Å². The number of hydrogen-bond acceptors (Lipinski definition) is 7. The summed E-state index contributed by atoms with van der Waals surface area (Å²) in [6, 6.07) is 6.10. The van der Waals surface area contributed by atoms with E-state index in [1.165, 1.54) is 12.1 Å². The summed E-state index contributed by atoms with van der Waals surface area (Å²) in [5, 5.41) is 3.86. The van der Waals surface area contributed by atoms with Crippen molar-refractivity contribution >= 4 is 21.7 Å². The minimum Gasteiger partial charge on any atom is -0.452 e. The monoisotopic (exact) mass is 381 g/mol. The maximum atomic E-state index is 12.2. The van der Waals surface area contributed by atoms with Gasteiger partial charge in [-0.3, -0.25) is 4.72 Å². The van der Waals surface area contributed by atoms with Gasteiger partial charge in [-0.05, 0) is 24.6 Å². The number of benzene rings is 1. The highest BCUT2D eigenvalue weighted by Gasteiger charge is 2.21. The summed E-state index contributed by atoms with van der Waals surface area (Å²) < 4.78 is 36.3. The van der Waals surface area contributed by atoms with Crippen LogP contribution in [0.1, 0.15) is 56.2 Å². The van der Waals surface area contributed by atoms with Crippen molar-refractivity contribution in [3.05, 3.63) is 41.5 Å². The first-order valence-corrected chi connectivity index (χ1v) is 9.86. The van der Waals surface area contributed by atoms with E-state index in [0.29, 0.717) is 17.9 Å². The fourth-order valence-corrected chi connectivity index (χ4v) is 3.16. The Labute approximate surface area is 153 Å². The van der Waals surface area contributed by atoms with Crippen molar-refractivity contribution in [2.75, 3.05) is 10.5 Å². The lowest BCUT2D eigenvalue weighted by molar-refractivity contribution is 0.0430. The molecule has 0 saturated carbocycles. The molecule has 0 aliphatic carbocycles. The number of esters is 1. The summed E-state index contributed by atoms with van der Waals surface area (Å²) in [6.07, 6.45) is 0.498. The maximum Gasteiger partial charge on any atom is 0.338 e. The predicted molar refractivity (Wildman–Crippen MR) is 96.3 cm³/mol. The molecular weight excluding hydrogens is 358 g/mol. The summed E-state index contributed by atoms with van der Waals surface area (Å²) in [5.41, 5.74) is 0.258. The van der Waals surface area contributed by atoms with Gasteiger partial charge in [0.25, 0.3) is 5.89 Å². The average molecular weight is 381 g/mol. The average Bonchev–Trinajstić information content (AvgIpc) is 3.01. The smallest absolute Gasteiger partial charge is 0.338 e. The zero-order valence-electron chi connectivity index (χ0n) is 15.3. The molecule has 0 amide bonds. The Morgan fingerprint density at radius 1 is 1.31 bits per heavy atom. The first-order valence-electron chi connectivity index (χ1n) is 8.21. The third-order valence-corrected chi connectivity index (χ3v) is 4.80. The van der Waals surface area contributed by atoms with Crippen molar-refractivity contribution in [2.24, 2.45) is 0 Å². The molecule has 8 nitrogen and oxygen atoms in total. The molecule has 1 heterocycles. The first kappa shape index (κ1) is 19.9. The van der Waals surface area contributed by atoms with E-state index in [2.05, 4.69) is 14.9 Å². The van der Waals surface area contributed by atoms with Crippen molar-refractivity contribution in [1.29, 1.82) is 0 Å². The molecule has 1 aromatic carbocycles. The SMILES string of the molecule is CCCS(=O)(=O)Nc1cccc(C(=O)OCc2nc(C(C)(C)C)no2)c1. The molecule has 0 aliphatic heterocycles. The lowest BCUT2D eigenvalue weighted by Crippen LogP contribution is -2.16. The van der Waals surface area contributed by atoms with Gasteiger partial charge in [0.05, 0.1) is 11.3 Å². The Hall–Kier alpha value is -2.42. The van der Waals surface area contributed by atoms with Crippen LogP contribution in [0.15, 0.2) is 28.8 Å². The molecule has 0 fully saturated rings. The normalized spacial score (nSPS) is 12.0. The van der Waals surface area contributed by atoms with Gasteiger partial charge in [0, 0.05) is 11.1 Å². The molecule has 0 bridgehead atoms. The van der Waals surface area contributed by atoms with Gasteiger partial charge in [0.15, 0.2) is 12.4 Å². The molecule has 0 atom stereocenters. The Kier molecular flexibility index (Phi) is 6.01. The van der Waals surface area contributed by atoms with Crippen LogP contribution >= 0.6 is 0 Å². The first-order chi connectivity index (χ1) is 12.1. The molecule has 2 aromatic rings. The zero-order valence-corrected chi connectivity index (χ0v) is 16.1. The second-order valence-corrected chi connectivity index (χ2v) is 8.68. The topological polar surface area (TPSA) is 111 Å². The number of carbonyl (C=O) groups excluding carboxylic acids is 1. The predicted octanol–water partition coefficient (Wildman–Crippen LogP) is 2.88. The Balaban J connectivity index is 2.01. The van der Waals surface area contributed by atoms with E-state index in [4.69, 9.17) is 9.26 Å². The van der Waals surface area contributed by atoms with Crippen LogP contribution < -0.4 is 4.72 Å². The van der Waals surface area contributed by atoms with Crippen LogP contribution in [0.5, 0.6) is 0 Å². The van der Waals surface area contributed by atoms with E-state index in [1.807, 2.05) is 20.8 Å². The minimum absolute atomic E-state index is 0.00888. The number of hydrogen-bond donors (Lipinski definition) is 1. The molecule has 2 rings (SSSR count). The van der Waals surface area contributed by atoms with Crippen molar-refractivity contribution in [2.45, 2.75) is 46.1 Å². The van der Waals surface area contributed by atoms with Gasteiger partial charge in [-0.1, -0.05) is 38.9 Å². The van der Waals surface area contributed by atoms with Crippen LogP contribution in [0.4, 0.5) is 5.69 Å². The number of carbonyl (C=O) groups is 1. The van der Waals surface area contributed by atoms with E-state index in [9.17, 15) is 13.2 Å². The summed E-state index contributed by atoms with van der Waals surface area (Å²) >= 11 is 0. The van der Waals surface area contributed by atoms with E-state index in [1.54, 1.807) is 19.1 Å². The summed E-state index contributed by atoms with van der Waals surface area (Å²) in [7, 11) is -3.43. The molecule has 1 N–H and O–H groups in total. The summed E-state index contributed by atoms with van der Waals surface area (Å²) in [4.78, 5) is 16.4. The second kappa shape index (κ2) is 7.86. The molecule has 26 heavy (non-hydrogen) atoms. The van der Waals surface area contributed by atoms with Gasteiger partial charge in [0.2, 0.25) is 10.0 Å². The second-order valence-electron chi connectivity index (χ2n) is 6.84. The Morgan fingerprint density at radius 3 is 2.65 bits per heavy atom. The van der Waals surface area contributed by atoms with Crippen LogP contribution in [0.3, 0.4) is 0 Å². The number of anilines is 1. The van der Waals surface area contributed by atoms with Crippen LogP contribution in [0.2, 0.25) is 0 Å². The number of rotatable bonds is 7. The lowest BCUT2D eigenvalue weighted by Gasteiger charge is -2.10. The molecule has 0 unspecified atom stereocenters. The van der Waals surface area contributed by atoms with E-state index in [0.717, 1.165) is 0 Å². The number of nitrogens with one attached hydrogen (secondary N) is 1. The molecule has 0 saturated heterocycles. The maximum absolute atomic E-state index is 12.2. The van der Waals surface area contributed by atoms with E-state index in [-0.39, 0.29) is 29.2 Å². The van der Waals surface area contributed by atoms with E-state index < -0.39 is 16.0 Å². The van der Waals surface area contributed by atoms with Crippen molar-refractivity contribution in [3.8, 4) is 0 Å².